The Hall–Kier alpha value is -9.96. The van der Waals surface area contributed by atoms with Crippen molar-refractivity contribution in [2.45, 2.75) is 5.41 Å². The number of benzene rings is 12. The van der Waals surface area contributed by atoms with Gasteiger partial charge in [-0.05, 0) is 128 Å². The molecule has 1 aliphatic carbocycles. The number of fused-ring (bicyclic) bond motifs is 9. The molecule has 0 spiro atoms. The fourth-order valence-electron chi connectivity index (χ4n) is 12.5. The van der Waals surface area contributed by atoms with Gasteiger partial charge in [0.15, 0.2) is 0 Å². The van der Waals surface area contributed by atoms with E-state index in [4.69, 9.17) is 4.42 Å². The molecule has 14 aromatic rings. The molecule has 0 bridgehead atoms. The van der Waals surface area contributed by atoms with Crippen molar-refractivity contribution in [3.63, 3.8) is 0 Å². The van der Waals surface area contributed by atoms with Crippen LogP contribution in [0.5, 0.6) is 0 Å². The molecule has 15 rings (SSSR count). The summed E-state index contributed by atoms with van der Waals surface area (Å²) in [6.45, 7) is 0. The summed E-state index contributed by atoms with van der Waals surface area (Å²) in [4.78, 5) is 2.47. The molecule has 76 heavy (non-hydrogen) atoms. The van der Waals surface area contributed by atoms with Crippen molar-refractivity contribution in [1.82, 2.24) is 4.57 Å². The molecule has 2 aromatic heterocycles. The summed E-state index contributed by atoms with van der Waals surface area (Å²) in [5, 5.41) is 4.69. The van der Waals surface area contributed by atoms with Crippen LogP contribution in [0.2, 0.25) is 0 Å². The van der Waals surface area contributed by atoms with Gasteiger partial charge in [0, 0.05) is 49.7 Å². The summed E-state index contributed by atoms with van der Waals surface area (Å²) in [5.41, 5.74) is 22.1. The van der Waals surface area contributed by atoms with Gasteiger partial charge in [-0.1, -0.05) is 218 Å². The van der Waals surface area contributed by atoms with E-state index in [-0.39, 0.29) is 0 Å². The van der Waals surface area contributed by atoms with E-state index in [2.05, 4.69) is 295 Å². The van der Waals surface area contributed by atoms with Crippen LogP contribution in [0.15, 0.2) is 296 Å². The largest absolute Gasteiger partial charge is 0.455 e. The van der Waals surface area contributed by atoms with Gasteiger partial charge in [0.05, 0.1) is 22.1 Å². The lowest BCUT2D eigenvalue weighted by Gasteiger charge is -2.34. The fourth-order valence-corrected chi connectivity index (χ4v) is 12.5. The van der Waals surface area contributed by atoms with E-state index in [1.807, 2.05) is 6.07 Å². The molecule has 3 nitrogen and oxygen atoms in total. The van der Waals surface area contributed by atoms with Gasteiger partial charge >= 0.3 is 0 Å². The first kappa shape index (κ1) is 43.6. The van der Waals surface area contributed by atoms with Crippen molar-refractivity contribution < 1.29 is 4.42 Å². The minimum atomic E-state index is -0.620. The summed E-state index contributed by atoms with van der Waals surface area (Å²) in [6, 6.07) is 106. The highest BCUT2D eigenvalue weighted by molar-refractivity contribution is 6.11. The number of nitrogens with zero attached hydrogens (tertiary/aromatic N) is 2. The van der Waals surface area contributed by atoms with Crippen LogP contribution in [0.25, 0.3) is 93.9 Å². The molecule has 0 amide bonds. The Morgan fingerprint density at radius 1 is 0.329 bits per heavy atom. The minimum absolute atomic E-state index is 0.620. The number of hydrogen-bond donors (Lipinski definition) is 0. The number of furan rings is 1. The molecule has 0 saturated carbocycles. The van der Waals surface area contributed by atoms with Crippen LogP contribution in [0.3, 0.4) is 0 Å². The van der Waals surface area contributed by atoms with Crippen molar-refractivity contribution >= 4 is 60.8 Å². The first-order valence-electron chi connectivity index (χ1n) is 26.2. The summed E-state index contributed by atoms with van der Waals surface area (Å²) >= 11 is 0. The third-order valence-electron chi connectivity index (χ3n) is 15.9. The third kappa shape index (κ3) is 6.76. The standard InChI is InChI=1S/C73H48N2O/c1-5-20-49(21-6-1)52-40-44-63-66(48-52)73(54-23-7-2-8-24-54,55-25-9-3-10-26-55)65-34-19-36-69(71(63)65)74(58-29-17-22-53(46-58)59-32-18-33-62-61-31-14-16-37-70(61)76-72(59)62)57-42-38-50(39-43-57)51-41-45-68-64(47-51)60-30-13-15-35-67(60)75(68)56-27-11-4-12-28-56/h1-48H. The van der Waals surface area contributed by atoms with Crippen LogP contribution in [-0.4, -0.2) is 4.57 Å². The zero-order valence-electron chi connectivity index (χ0n) is 41.5. The highest BCUT2D eigenvalue weighted by Crippen LogP contribution is 2.60. The number of rotatable bonds is 9. The Labute approximate surface area is 441 Å². The van der Waals surface area contributed by atoms with Crippen molar-refractivity contribution in [2.24, 2.45) is 0 Å². The summed E-state index contributed by atoms with van der Waals surface area (Å²) in [7, 11) is 0. The Balaban J connectivity index is 0.951. The molecule has 0 N–H and O–H groups in total. The average molecular weight is 969 g/mol. The topological polar surface area (TPSA) is 21.3 Å². The Bertz CT molecular complexity index is 4460. The normalized spacial score (nSPS) is 12.6. The molecule has 0 radical (unpaired) electrons. The van der Waals surface area contributed by atoms with E-state index >= 15 is 0 Å². The maximum absolute atomic E-state index is 6.67. The lowest BCUT2D eigenvalue weighted by molar-refractivity contribution is 0.670. The molecule has 2 heterocycles. The maximum Gasteiger partial charge on any atom is 0.143 e. The van der Waals surface area contributed by atoms with Crippen molar-refractivity contribution in [2.75, 3.05) is 4.90 Å². The van der Waals surface area contributed by atoms with Crippen LogP contribution in [-0.2, 0) is 5.41 Å². The van der Waals surface area contributed by atoms with Gasteiger partial charge in [-0.25, -0.2) is 0 Å². The molecular formula is C73H48N2O. The van der Waals surface area contributed by atoms with Crippen LogP contribution in [0, 0.1) is 0 Å². The van der Waals surface area contributed by atoms with Gasteiger partial charge in [0.1, 0.15) is 11.2 Å². The van der Waals surface area contributed by atoms with Crippen LogP contribution < -0.4 is 4.90 Å². The van der Waals surface area contributed by atoms with E-state index in [0.717, 1.165) is 61.4 Å². The monoisotopic (exact) mass is 968 g/mol. The molecule has 1 aliphatic rings. The SMILES string of the molecule is c1ccc(-c2ccc3c(c2)C(c2ccccc2)(c2ccccc2)c2cccc(N(c4ccc(-c5ccc6c(c5)c5ccccc5n6-c5ccccc5)cc4)c4cccc(-c5cccc6c5oc5ccccc56)c4)c2-3)cc1. The number of para-hydroxylation sites is 4. The van der Waals surface area contributed by atoms with Gasteiger partial charge in [-0.3, -0.25) is 0 Å². The van der Waals surface area contributed by atoms with E-state index in [0.29, 0.717) is 0 Å². The lowest BCUT2D eigenvalue weighted by atomic mass is 9.67. The van der Waals surface area contributed by atoms with Crippen molar-refractivity contribution in [1.29, 1.82) is 0 Å². The summed E-state index contributed by atoms with van der Waals surface area (Å²) < 4.78 is 9.05. The van der Waals surface area contributed by atoms with Crippen LogP contribution in [0.4, 0.5) is 17.1 Å². The fraction of sp³-hybridized carbons (Fsp3) is 0.0137. The quantitative estimate of drug-likeness (QED) is 0.144. The lowest BCUT2D eigenvalue weighted by Crippen LogP contribution is -2.28. The van der Waals surface area contributed by atoms with E-state index in [9.17, 15) is 0 Å². The average Bonchev–Trinajstić information content (AvgIpc) is 4.19. The van der Waals surface area contributed by atoms with Gasteiger partial charge in [0.2, 0.25) is 0 Å². The molecule has 0 fully saturated rings. The van der Waals surface area contributed by atoms with Crippen molar-refractivity contribution in [3.8, 4) is 50.2 Å². The number of anilines is 3. The first-order chi connectivity index (χ1) is 37.7. The number of hydrogen-bond acceptors (Lipinski definition) is 2. The van der Waals surface area contributed by atoms with Crippen molar-refractivity contribution in [3.05, 3.63) is 313 Å². The first-order valence-corrected chi connectivity index (χ1v) is 26.2. The zero-order chi connectivity index (χ0) is 50.2. The second-order valence-corrected chi connectivity index (χ2v) is 19.9. The van der Waals surface area contributed by atoms with E-state index < -0.39 is 5.41 Å². The predicted molar refractivity (Wildman–Crippen MR) is 316 cm³/mol. The highest BCUT2D eigenvalue weighted by Gasteiger charge is 2.47. The maximum atomic E-state index is 6.67. The van der Waals surface area contributed by atoms with E-state index in [1.54, 1.807) is 0 Å². The molecule has 356 valence electrons. The molecule has 12 aromatic carbocycles. The molecule has 0 unspecified atom stereocenters. The minimum Gasteiger partial charge on any atom is -0.455 e. The van der Waals surface area contributed by atoms with Crippen LogP contribution in [0.1, 0.15) is 22.3 Å². The second kappa shape index (κ2) is 17.6. The second-order valence-electron chi connectivity index (χ2n) is 19.9. The molecular weight excluding hydrogens is 921 g/mol. The molecule has 0 saturated heterocycles. The van der Waals surface area contributed by atoms with Crippen LogP contribution >= 0.6 is 0 Å². The van der Waals surface area contributed by atoms with Gasteiger partial charge in [-0.2, -0.15) is 0 Å². The zero-order valence-corrected chi connectivity index (χ0v) is 41.5. The van der Waals surface area contributed by atoms with Gasteiger partial charge < -0.3 is 13.9 Å². The highest BCUT2D eigenvalue weighted by atomic mass is 16.3. The smallest absolute Gasteiger partial charge is 0.143 e. The van der Waals surface area contributed by atoms with E-state index in [1.165, 1.54) is 71.9 Å². The van der Waals surface area contributed by atoms with Gasteiger partial charge in [-0.15, -0.1) is 0 Å². The molecule has 0 aliphatic heterocycles. The number of aromatic nitrogens is 1. The summed E-state index contributed by atoms with van der Waals surface area (Å²) in [5.74, 6) is 0. The summed E-state index contributed by atoms with van der Waals surface area (Å²) in [6.07, 6.45) is 0. The molecule has 0 atom stereocenters. The van der Waals surface area contributed by atoms with Gasteiger partial charge in [0.25, 0.3) is 0 Å². The Morgan fingerprint density at radius 3 is 1.68 bits per heavy atom. The Morgan fingerprint density at radius 2 is 0.908 bits per heavy atom. The predicted octanol–water partition coefficient (Wildman–Crippen LogP) is 19.5. The molecule has 3 heteroatoms. The Kier molecular flexibility index (Phi) is 10.1. The third-order valence-corrected chi connectivity index (χ3v) is 15.9.